The molecule has 2 atom stereocenters. The van der Waals surface area contributed by atoms with E-state index in [1.54, 1.807) is 0 Å². The van der Waals surface area contributed by atoms with Gasteiger partial charge < -0.3 is 4.84 Å². The first kappa shape index (κ1) is 9.04. The van der Waals surface area contributed by atoms with Crippen molar-refractivity contribution >= 4 is 5.71 Å². The van der Waals surface area contributed by atoms with Crippen molar-refractivity contribution in [3.05, 3.63) is 0 Å². The first-order valence-corrected chi connectivity index (χ1v) is 5.33. The average molecular weight is 181 g/mol. The van der Waals surface area contributed by atoms with Gasteiger partial charge in [0, 0.05) is 11.3 Å². The zero-order valence-corrected chi connectivity index (χ0v) is 8.84. The van der Waals surface area contributed by atoms with Gasteiger partial charge >= 0.3 is 0 Å². The van der Waals surface area contributed by atoms with Crippen molar-refractivity contribution in [2.75, 3.05) is 0 Å². The van der Waals surface area contributed by atoms with Crippen molar-refractivity contribution in [1.82, 2.24) is 0 Å². The van der Waals surface area contributed by atoms with E-state index in [0.717, 1.165) is 0 Å². The number of nitrogens with zero attached hydrogens (tertiary/aromatic N) is 1. The van der Waals surface area contributed by atoms with Gasteiger partial charge in [-0.3, -0.25) is 0 Å². The van der Waals surface area contributed by atoms with Crippen molar-refractivity contribution in [1.29, 1.82) is 0 Å². The standard InChI is InChI=1S/C11H19NO/c1-11(2,3)10-8-6-4-5-7-9(8)13-12-10/h8-9H,4-7H2,1-3H3. The lowest BCUT2D eigenvalue weighted by Gasteiger charge is -2.28. The summed E-state index contributed by atoms with van der Waals surface area (Å²) >= 11 is 0. The molecule has 13 heavy (non-hydrogen) atoms. The molecule has 0 amide bonds. The first-order valence-electron chi connectivity index (χ1n) is 5.33. The summed E-state index contributed by atoms with van der Waals surface area (Å²) in [7, 11) is 0. The summed E-state index contributed by atoms with van der Waals surface area (Å²) in [6.07, 6.45) is 5.55. The van der Waals surface area contributed by atoms with Crippen molar-refractivity contribution in [3.63, 3.8) is 0 Å². The number of rotatable bonds is 0. The van der Waals surface area contributed by atoms with E-state index in [2.05, 4.69) is 25.9 Å². The molecule has 0 spiro atoms. The van der Waals surface area contributed by atoms with Crippen LogP contribution in [0.1, 0.15) is 46.5 Å². The van der Waals surface area contributed by atoms with Gasteiger partial charge in [0.2, 0.25) is 0 Å². The molecule has 2 nitrogen and oxygen atoms in total. The van der Waals surface area contributed by atoms with Crippen LogP contribution in [0.4, 0.5) is 0 Å². The van der Waals surface area contributed by atoms with Crippen LogP contribution in [0.3, 0.4) is 0 Å². The largest absolute Gasteiger partial charge is 0.392 e. The molecule has 0 aromatic carbocycles. The van der Waals surface area contributed by atoms with Gasteiger partial charge in [-0.05, 0) is 19.3 Å². The van der Waals surface area contributed by atoms with Gasteiger partial charge in [-0.15, -0.1) is 0 Å². The molecular weight excluding hydrogens is 162 g/mol. The molecular formula is C11H19NO. The van der Waals surface area contributed by atoms with Gasteiger partial charge in [-0.25, -0.2) is 0 Å². The molecule has 0 saturated heterocycles. The predicted octanol–water partition coefficient (Wildman–Crippen LogP) is 2.98. The molecule has 0 aromatic rings. The van der Waals surface area contributed by atoms with E-state index < -0.39 is 0 Å². The second-order valence-electron chi connectivity index (χ2n) is 5.26. The van der Waals surface area contributed by atoms with Crippen LogP contribution in [-0.4, -0.2) is 11.8 Å². The number of fused-ring (bicyclic) bond motifs is 1. The van der Waals surface area contributed by atoms with Gasteiger partial charge in [0.05, 0.1) is 5.71 Å². The van der Waals surface area contributed by atoms with Crippen molar-refractivity contribution in [2.45, 2.75) is 52.6 Å². The normalized spacial score (nSPS) is 33.6. The van der Waals surface area contributed by atoms with Gasteiger partial charge in [0.1, 0.15) is 6.10 Å². The monoisotopic (exact) mass is 181 g/mol. The quantitative estimate of drug-likeness (QED) is 0.563. The van der Waals surface area contributed by atoms with Crippen LogP contribution in [-0.2, 0) is 4.84 Å². The molecule has 2 heteroatoms. The highest BCUT2D eigenvalue weighted by Gasteiger charge is 2.40. The highest BCUT2D eigenvalue weighted by molar-refractivity contribution is 5.92. The Kier molecular flexibility index (Phi) is 2.09. The van der Waals surface area contributed by atoms with Gasteiger partial charge in [0.15, 0.2) is 0 Å². The summed E-state index contributed by atoms with van der Waals surface area (Å²) in [5.74, 6) is 0.619. The Morgan fingerprint density at radius 2 is 1.92 bits per heavy atom. The van der Waals surface area contributed by atoms with Crippen molar-refractivity contribution in [3.8, 4) is 0 Å². The molecule has 0 radical (unpaired) electrons. The van der Waals surface area contributed by atoms with E-state index in [0.29, 0.717) is 12.0 Å². The van der Waals surface area contributed by atoms with Crippen molar-refractivity contribution < 1.29 is 4.84 Å². The predicted molar refractivity (Wildman–Crippen MR) is 53.7 cm³/mol. The van der Waals surface area contributed by atoms with Crippen LogP contribution in [0.5, 0.6) is 0 Å². The summed E-state index contributed by atoms with van der Waals surface area (Å²) in [6.45, 7) is 6.69. The molecule has 1 aliphatic carbocycles. The maximum atomic E-state index is 5.48. The van der Waals surface area contributed by atoms with E-state index in [9.17, 15) is 0 Å². The minimum atomic E-state index is 0.191. The number of hydrogen-bond acceptors (Lipinski definition) is 2. The highest BCUT2D eigenvalue weighted by atomic mass is 16.6. The maximum absolute atomic E-state index is 5.48. The molecule has 0 bridgehead atoms. The van der Waals surface area contributed by atoms with Crippen LogP contribution >= 0.6 is 0 Å². The molecule has 1 saturated carbocycles. The van der Waals surface area contributed by atoms with Gasteiger partial charge in [0.25, 0.3) is 0 Å². The first-order chi connectivity index (χ1) is 6.09. The smallest absolute Gasteiger partial charge is 0.135 e. The second kappa shape index (κ2) is 3.00. The fourth-order valence-corrected chi connectivity index (χ4v) is 2.42. The van der Waals surface area contributed by atoms with E-state index in [1.165, 1.54) is 31.4 Å². The fraction of sp³-hybridized carbons (Fsp3) is 0.909. The maximum Gasteiger partial charge on any atom is 0.135 e. The second-order valence-corrected chi connectivity index (χ2v) is 5.26. The zero-order valence-electron chi connectivity index (χ0n) is 8.84. The molecule has 74 valence electrons. The Hall–Kier alpha value is -0.530. The molecule has 0 N–H and O–H groups in total. The van der Waals surface area contributed by atoms with E-state index >= 15 is 0 Å². The molecule has 2 aliphatic rings. The minimum Gasteiger partial charge on any atom is -0.392 e. The molecule has 2 unspecified atom stereocenters. The fourth-order valence-electron chi connectivity index (χ4n) is 2.42. The van der Waals surface area contributed by atoms with E-state index in [4.69, 9.17) is 4.84 Å². The Morgan fingerprint density at radius 3 is 2.62 bits per heavy atom. The van der Waals surface area contributed by atoms with Crippen LogP contribution in [0.2, 0.25) is 0 Å². The Morgan fingerprint density at radius 1 is 1.23 bits per heavy atom. The molecule has 1 aliphatic heterocycles. The third-order valence-corrected chi connectivity index (χ3v) is 3.11. The molecule has 0 aromatic heterocycles. The Bertz CT molecular complexity index is 227. The van der Waals surface area contributed by atoms with Gasteiger partial charge in [-0.2, -0.15) is 0 Å². The van der Waals surface area contributed by atoms with E-state index in [1.807, 2.05) is 0 Å². The summed E-state index contributed by atoms with van der Waals surface area (Å²) in [6, 6.07) is 0. The van der Waals surface area contributed by atoms with Crippen LogP contribution < -0.4 is 0 Å². The van der Waals surface area contributed by atoms with Crippen LogP contribution in [0.25, 0.3) is 0 Å². The summed E-state index contributed by atoms with van der Waals surface area (Å²) in [5.41, 5.74) is 1.48. The average Bonchev–Trinajstić information content (AvgIpc) is 2.45. The Balaban J connectivity index is 2.14. The Labute approximate surface area is 80.3 Å². The molecule has 1 fully saturated rings. The summed E-state index contributed by atoms with van der Waals surface area (Å²) in [5, 5.41) is 4.27. The highest BCUT2D eigenvalue weighted by Crippen LogP contribution is 2.38. The number of oxime groups is 1. The summed E-state index contributed by atoms with van der Waals surface area (Å²) < 4.78 is 0. The van der Waals surface area contributed by atoms with Crippen molar-refractivity contribution in [2.24, 2.45) is 16.5 Å². The SMILES string of the molecule is CC(C)(C)C1=NOC2CCCCC12. The minimum absolute atomic E-state index is 0.191. The topological polar surface area (TPSA) is 21.6 Å². The summed E-state index contributed by atoms with van der Waals surface area (Å²) in [4.78, 5) is 5.48. The van der Waals surface area contributed by atoms with Gasteiger partial charge in [-0.1, -0.05) is 32.3 Å². The van der Waals surface area contributed by atoms with E-state index in [-0.39, 0.29) is 5.41 Å². The number of hydrogen-bond donors (Lipinski definition) is 0. The third-order valence-electron chi connectivity index (χ3n) is 3.11. The third kappa shape index (κ3) is 1.59. The lowest BCUT2D eigenvalue weighted by atomic mass is 9.75. The lowest BCUT2D eigenvalue weighted by molar-refractivity contribution is 0.0396. The molecule has 2 rings (SSSR count). The van der Waals surface area contributed by atoms with Crippen LogP contribution in [0.15, 0.2) is 5.16 Å². The zero-order chi connectivity index (χ0) is 9.47. The molecule has 1 heterocycles. The lowest BCUT2D eigenvalue weighted by Crippen LogP contribution is -2.33. The van der Waals surface area contributed by atoms with Crippen LogP contribution in [0, 0.1) is 11.3 Å².